The number of rotatable bonds is 5. The third kappa shape index (κ3) is 3.64. The number of hydrogen-bond donors (Lipinski definition) is 0. The molecule has 118 valence electrons. The van der Waals surface area contributed by atoms with Gasteiger partial charge < -0.3 is 0 Å². The van der Waals surface area contributed by atoms with Crippen molar-refractivity contribution >= 4 is 28.2 Å². The quantitative estimate of drug-likeness (QED) is 0.278. The van der Waals surface area contributed by atoms with Crippen LogP contribution in [0.3, 0.4) is 0 Å². The SMILES string of the molecule is O=C(/C=C/c1csc([N+](=O)[O-])c1)c1cccc(-c2ccccc2)c1. The molecule has 5 heteroatoms. The van der Waals surface area contributed by atoms with Crippen LogP contribution in [0.25, 0.3) is 17.2 Å². The second-order valence-corrected chi connectivity index (χ2v) is 6.01. The fourth-order valence-corrected chi connectivity index (χ4v) is 2.97. The van der Waals surface area contributed by atoms with E-state index in [-0.39, 0.29) is 10.8 Å². The van der Waals surface area contributed by atoms with Crippen LogP contribution in [0.1, 0.15) is 15.9 Å². The maximum absolute atomic E-state index is 12.3. The number of hydrogen-bond acceptors (Lipinski definition) is 4. The minimum Gasteiger partial charge on any atom is -0.289 e. The van der Waals surface area contributed by atoms with Gasteiger partial charge in [-0.3, -0.25) is 14.9 Å². The van der Waals surface area contributed by atoms with Gasteiger partial charge in [0.25, 0.3) is 0 Å². The molecule has 1 aromatic heterocycles. The lowest BCUT2D eigenvalue weighted by atomic mass is 10.0. The van der Waals surface area contributed by atoms with Gasteiger partial charge in [-0.1, -0.05) is 59.9 Å². The van der Waals surface area contributed by atoms with Crippen LogP contribution in [0.15, 0.2) is 72.1 Å². The summed E-state index contributed by atoms with van der Waals surface area (Å²) in [6.07, 6.45) is 3.04. The molecule has 0 N–H and O–H groups in total. The van der Waals surface area contributed by atoms with E-state index in [0.29, 0.717) is 11.1 Å². The van der Waals surface area contributed by atoms with Gasteiger partial charge in [-0.05, 0) is 34.9 Å². The first-order valence-electron chi connectivity index (χ1n) is 7.24. The molecule has 2 aromatic carbocycles. The van der Waals surface area contributed by atoms with Crippen LogP contribution in [-0.4, -0.2) is 10.7 Å². The summed E-state index contributed by atoms with van der Waals surface area (Å²) in [6.45, 7) is 0. The summed E-state index contributed by atoms with van der Waals surface area (Å²) in [5.41, 5.74) is 3.25. The lowest BCUT2D eigenvalue weighted by Crippen LogP contribution is -1.94. The highest BCUT2D eigenvalue weighted by Gasteiger charge is 2.09. The van der Waals surface area contributed by atoms with E-state index in [2.05, 4.69) is 0 Å². The van der Waals surface area contributed by atoms with Crippen LogP contribution in [0, 0.1) is 10.1 Å². The molecule has 0 aliphatic rings. The van der Waals surface area contributed by atoms with E-state index in [4.69, 9.17) is 0 Å². The smallest absolute Gasteiger partial charge is 0.289 e. The molecule has 3 aromatic rings. The molecule has 0 aliphatic carbocycles. The van der Waals surface area contributed by atoms with E-state index in [1.807, 2.05) is 48.5 Å². The Bertz CT molecular complexity index is 913. The van der Waals surface area contributed by atoms with Crippen LogP contribution < -0.4 is 0 Å². The molecule has 3 rings (SSSR count). The summed E-state index contributed by atoms with van der Waals surface area (Å²) in [5.74, 6) is -0.137. The van der Waals surface area contributed by atoms with Gasteiger partial charge in [0.1, 0.15) is 0 Å². The highest BCUT2D eigenvalue weighted by atomic mass is 32.1. The lowest BCUT2D eigenvalue weighted by Gasteiger charge is -2.03. The zero-order valence-electron chi connectivity index (χ0n) is 12.6. The maximum Gasteiger partial charge on any atom is 0.324 e. The summed E-state index contributed by atoms with van der Waals surface area (Å²) in [6, 6.07) is 18.7. The predicted molar refractivity (Wildman–Crippen MR) is 96.2 cm³/mol. The van der Waals surface area contributed by atoms with Crippen molar-refractivity contribution < 1.29 is 9.72 Å². The fraction of sp³-hybridized carbons (Fsp3) is 0. The zero-order chi connectivity index (χ0) is 16.9. The Balaban J connectivity index is 1.80. The van der Waals surface area contributed by atoms with Gasteiger partial charge in [0.15, 0.2) is 5.78 Å². The van der Waals surface area contributed by atoms with E-state index < -0.39 is 4.92 Å². The Labute approximate surface area is 142 Å². The molecule has 0 saturated heterocycles. The third-order valence-electron chi connectivity index (χ3n) is 3.47. The van der Waals surface area contributed by atoms with Crippen molar-refractivity contribution in [3.8, 4) is 11.1 Å². The van der Waals surface area contributed by atoms with E-state index in [9.17, 15) is 14.9 Å². The third-order valence-corrected chi connectivity index (χ3v) is 4.37. The predicted octanol–water partition coefficient (Wildman–Crippen LogP) is 5.22. The van der Waals surface area contributed by atoms with E-state index in [1.165, 1.54) is 12.1 Å². The monoisotopic (exact) mass is 335 g/mol. The zero-order valence-corrected chi connectivity index (χ0v) is 13.4. The van der Waals surface area contributed by atoms with Crippen LogP contribution in [-0.2, 0) is 0 Å². The minimum atomic E-state index is -0.437. The van der Waals surface area contributed by atoms with Gasteiger partial charge in [-0.25, -0.2) is 0 Å². The molecule has 0 saturated carbocycles. The van der Waals surface area contributed by atoms with Crippen LogP contribution in [0.5, 0.6) is 0 Å². The van der Waals surface area contributed by atoms with E-state index in [1.54, 1.807) is 17.5 Å². The fourth-order valence-electron chi connectivity index (χ4n) is 2.27. The first kappa shape index (κ1) is 15.8. The largest absolute Gasteiger partial charge is 0.324 e. The minimum absolute atomic E-state index is 0.0631. The molecule has 0 amide bonds. The van der Waals surface area contributed by atoms with Crippen molar-refractivity contribution in [2.75, 3.05) is 0 Å². The Morgan fingerprint density at radius 3 is 2.46 bits per heavy atom. The molecular weight excluding hydrogens is 322 g/mol. The van der Waals surface area contributed by atoms with Crippen LogP contribution in [0.2, 0.25) is 0 Å². The molecule has 1 heterocycles. The lowest BCUT2D eigenvalue weighted by molar-refractivity contribution is -0.380. The molecule has 24 heavy (non-hydrogen) atoms. The highest BCUT2D eigenvalue weighted by molar-refractivity contribution is 7.13. The molecule has 0 bridgehead atoms. The van der Waals surface area contributed by atoms with Crippen molar-refractivity contribution in [2.24, 2.45) is 0 Å². The van der Waals surface area contributed by atoms with Gasteiger partial charge in [-0.15, -0.1) is 0 Å². The van der Waals surface area contributed by atoms with Gasteiger partial charge >= 0.3 is 5.00 Å². The molecule has 4 nitrogen and oxygen atoms in total. The van der Waals surface area contributed by atoms with E-state index in [0.717, 1.165) is 22.5 Å². The normalized spacial score (nSPS) is 10.8. The Morgan fingerprint density at radius 1 is 1.00 bits per heavy atom. The average Bonchev–Trinajstić information content (AvgIpc) is 3.10. The highest BCUT2D eigenvalue weighted by Crippen LogP contribution is 2.24. The Kier molecular flexibility index (Phi) is 4.63. The van der Waals surface area contributed by atoms with Crippen molar-refractivity contribution in [2.45, 2.75) is 0 Å². The van der Waals surface area contributed by atoms with Crippen LogP contribution >= 0.6 is 11.3 Å². The van der Waals surface area contributed by atoms with Gasteiger partial charge in [0, 0.05) is 17.0 Å². The van der Waals surface area contributed by atoms with Crippen molar-refractivity contribution in [1.82, 2.24) is 0 Å². The Morgan fingerprint density at radius 2 is 1.75 bits per heavy atom. The molecular formula is C19H13NO3S. The van der Waals surface area contributed by atoms with Gasteiger partial charge in [0.05, 0.1) is 4.92 Å². The molecule has 0 fully saturated rings. The molecule has 0 spiro atoms. The van der Waals surface area contributed by atoms with Crippen molar-refractivity contribution in [1.29, 1.82) is 0 Å². The molecule has 0 atom stereocenters. The summed E-state index contributed by atoms with van der Waals surface area (Å²) >= 11 is 1.04. The van der Waals surface area contributed by atoms with Gasteiger partial charge in [-0.2, -0.15) is 0 Å². The summed E-state index contributed by atoms with van der Waals surface area (Å²) in [7, 11) is 0. The summed E-state index contributed by atoms with van der Waals surface area (Å²) in [4.78, 5) is 22.6. The molecule has 0 radical (unpaired) electrons. The number of ketones is 1. The van der Waals surface area contributed by atoms with Crippen molar-refractivity contribution in [3.63, 3.8) is 0 Å². The number of carbonyl (C=O) groups is 1. The van der Waals surface area contributed by atoms with Crippen molar-refractivity contribution in [3.05, 3.63) is 93.4 Å². The topological polar surface area (TPSA) is 60.2 Å². The number of allylic oxidation sites excluding steroid dienone is 1. The van der Waals surface area contributed by atoms with Gasteiger partial charge in [0.2, 0.25) is 0 Å². The average molecular weight is 335 g/mol. The summed E-state index contributed by atoms with van der Waals surface area (Å²) < 4.78 is 0. The molecule has 0 aliphatic heterocycles. The Hall–Kier alpha value is -3.05. The number of nitro groups is 1. The first-order chi connectivity index (χ1) is 11.6. The second-order valence-electron chi connectivity index (χ2n) is 5.12. The first-order valence-corrected chi connectivity index (χ1v) is 8.12. The number of benzene rings is 2. The summed E-state index contributed by atoms with van der Waals surface area (Å²) in [5, 5.41) is 12.4. The van der Waals surface area contributed by atoms with E-state index >= 15 is 0 Å². The molecule has 0 unspecified atom stereocenters. The van der Waals surface area contributed by atoms with Crippen LogP contribution in [0.4, 0.5) is 5.00 Å². The maximum atomic E-state index is 12.3. The number of thiophene rings is 1. The number of nitrogens with zero attached hydrogens (tertiary/aromatic N) is 1. The number of carbonyl (C=O) groups excluding carboxylic acids is 1. The second kappa shape index (κ2) is 7.02. The standard InChI is InChI=1S/C19H13NO3S/c21-18(10-9-14-11-19(20(22)23)24-13-14)17-8-4-7-16(12-17)15-5-2-1-3-6-15/h1-13H/b10-9+.